The highest BCUT2D eigenvalue weighted by Gasteiger charge is 2.50. The molecule has 1 aliphatic heterocycles. The zero-order valence-electron chi connectivity index (χ0n) is 16.7. The Kier molecular flexibility index (Phi) is 5.54. The maximum atomic E-state index is 13.6. The Morgan fingerprint density at radius 3 is 2.36 bits per heavy atom. The van der Waals surface area contributed by atoms with Gasteiger partial charge in [-0.05, 0) is 69.9 Å². The van der Waals surface area contributed by atoms with Gasteiger partial charge in [-0.3, -0.25) is 9.59 Å². The predicted octanol–water partition coefficient (Wildman–Crippen LogP) is 4.10. The summed E-state index contributed by atoms with van der Waals surface area (Å²) in [6.07, 6.45) is 1.53. The lowest BCUT2D eigenvalue weighted by Crippen LogP contribution is -2.60. The van der Waals surface area contributed by atoms with E-state index in [4.69, 9.17) is 0 Å². The maximum absolute atomic E-state index is 13.6. The summed E-state index contributed by atoms with van der Waals surface area (Å²) >= 11 is 0. The van der Waals surface area contributed by atoms with Crippen LogP contribution in [0.25, 0.3) is 0 Å². The van der Waals surface area contributed by atoms with Gasteiger partial charge in [0.25, 0.3) is 0 Å². The van der Waals surface area contributed by atoms with Crippen molar-refractivity contribution in [3.05, 3.63) is 66.0 Å². The second-order valence-corrected chi connectivity index (χ2v) is 8.49. The molecular formula is C23H27FN2O2. The molecule has 0 unspecified atom stereocenters. The largest absolute Gasteiger partial charge is 0.351 e. The second-order valence-electron chi connectivity index (χ2n) is 8.49. The fourth-order valence-electron chi connectivity index (χ4n) is 3.73. The smallest absolute Gasteiger partial charge is 0.243 e. The molecule has 28 heavy (non-hydrogen) atoms. The van der Waals surface area contributed by atoms with Gasteiger partial charge in [0.2, 0.25) is 11.8 Å². The van der Waals surface area contributed by atoms with Crippen LogP contribution in [0.4, 0.5) is 10.1 Å². The number of rotatable bonds is 4. The van der Waals surface area contributed by atoms with Crippen LogP contribution in [-0.2, 0) is 16.0 Å². The second kappa shape index (κ2) is 7.74. The molecule has 0 bridgehead atoms. The van der Waals surface area contributed by atoms with Crippen LogP contribution in [0.2, 0.25) is 0 Å². The van der Waals surface area contributed by atoms with E-state index >= 15 is 0 Å². The number of amides is 2. The van der Waals surface area contributed by atoms with Crippen molar-refractivity contribution < 1.29 is 14.0 Å². The van der Waals surface area contributed by atoms with Gasteiger partial charge in [0.1, 0.15) is 11.2 Å². The summed E-state index contributed by atoms with van der Waals surface area (Å²) in [4.78, 5) is 28.6. The van der Waals surface area contributed by atoms with Gasteiger partial charge in [-0.25, -0.2) is 4.39 Å². The van der Waals surface area contributed by atoms with Crippen LogP contribution in [-0.4, -0.2) is 23.9 Å². The van der Waals surface area contributed by atoms with Gasteiger partial charge in [-0.2, -0.15) is 0 Å². The molecule has 0 saturated carbocycles. The Balaban J connectivity index is 2.00. The maximum Gasteiger partial charge on any atom is 0.243 e. The molecule has 5 heteroatoms. The molecule has 4 nitrogen and oxygen atoms in total. The molecule has 0 radical (unpaired) electrons. The number of anilines is 1. The Morgan fingerprint density at radius 1 is 1.11 bits per heavy atom. The lowest BCUT2D eigenvalue weighted by Gasteiger charge is -2.42. The topological polar surface area (TPSA) is 49.4 Å². The number of carbonyl (C=O) groups is 2. The van der Waals surface area contributed by atoms with E-state index in [-0.39, 0.29) is 17.6 Å². The molecule has 0 aliphatic carbocycles. The molecule has 2 aromatic rings. The summed E-state index contributed by atoms with van der Waals surface area (Å²) in [6, 6.07) is 15.5. The molecule has 1 saturated heterocycles. The standard InChI is InChI=1S/C23H27FN2O2/c1-22(2,3)25-20(27)23(16-17-8-5-4-6-9-17)14-7-15-26(21(23)28)19-12-10-18(24)11-13-19/h4-6,8-13H,7,14-16H2,1-3H3,(H,25,27)/t23-/m1/s1. The first kappa shape index (κ1) is 20.1. The number of carbonyl (C=O) groups excluding carboxylic acids is 2. The number of piperidine rings is 1. The van der Waals surface area contributed by atoms with E-state index in [9.17, 15) is 14.0 Å². The van der Waals surface area contributed by atoms with E-state index < -0.39 is 11.0 Å². The van der Waals surface area contributed by atoms with E-state index in [0.717, 1.165) is 5.56 Å². The molecule has 1 fully saturated rings. The van der Waals surface area contributed by atoms with Crippen LogP contribution in [0.1, 0.15) is 39.2 Å². The molecule has 1 aliphatic rings. The van der Waals surface area contributed by atoms with Crippen molar-refractivity contribution in [3.63, 3.8) is 0 Å². The first-order valence-electron chi connectivity index (χ1n) is 9.65. The van der Waals surface area contributed by atoms with Crippen LogP contribution in [0.15, 0.2) is 54.6 Å². The number of benzene rings is 2. The first-order valence-corrected chi connectivity index (χ1v) is 9.65. The van der Waals surface area contributed by atoms with Crippen molar-refractivity contribution in [1.29, 1.82) is 0 Å². The van der Waals surface area contributed by atoms with Crippen LogP contribution in [0, 0.1) is 11.2 Å². The van der Waals surface area contributed by atoms with Crippen molar-refractivity contribution in [3.8, 4) is 0 Å². The van der Waals surface area contributed by atoms with E-state index in [1.807, 2.05) is 51.1 Å². The highest BCUT2D eigenvalue weighted by Crippen LogP contribution is 2.38. The molecule has 1 N–H and O–H groups in total. The summed E-state index contributed by atoms with van der Waals surface area (Å²) < 4.78 is 13.3. The van der Waals surface area contributed by atoms with Gasteiger partial charge in [0.15, 0.2) is 0 Å². The van der Waals surface area contributed by atoms with Crippen LogP contribution in [0.5, 0.6) is 0 Å². The zero-order chi connectivity index (χ0) is 20.4. The van der Waals surface area contributed by atoms with E-state index in [0.29, 0.717) is 31.5 Å². The van der Waals surface area contributed by atoms with E-state index in [2.05, 4.69) is 5.32 Å². The average molecular weight is 382 g/mol. The van der Waals surface area contributed by atoms with Gasteiger partial charge in [0.05, 0.1) is 0 Å². The fraction of sp³-hybridized carbons (Fsp3) is 0.391. The minimum absolute atomic E-state index is 0.226. The molecule has 0 spiro atoms. The van der Waals surface area contributed by atoms with Gasteiger partial charge < -0.3 is 10.2 Å². The normalized spacial score (nSPS) is 20.1. The Morgan fingerprint density at radius 2 is 1.75 bits per heavy atom. The molecule has 3 rings (SSSR count). The number of hydrogen-bond acceptors (Lipinski definition) is 2. The highest BCUT2D eigenvalue weighted by molar-refractivity contribution is 6.12. The van der Waals surface area contributed by atoms with Crippen molar-refractivity contribution in [1.82, 2.24) is 5.32 Å². The van der Waals surface area contributed by atoms with Gasteiger partial charge in [0, 0.05) is 17.8 Å². The highest BCUT2D eigenvalue weighted by atomic mass is 19.1. The van der Waals surface area contributed by atoms with Crippen molar-refractivity contribution in [2.24, 2.45) is 5.41 Å². The van der Waals surface area contributed by atoms with E-state index in [1.165, 1.54) is 12.1 Å². The molecule has 1 atom stereocenters. The number of halogens is 1. The summed E-state index contributed by atoms with van der Waals surface area (Å²) in [7, 11) is 0. The summed E-state index contributed by atoms with van der Waals surface area (Å²) in [5, 5.41) is 3.02. The summed E-state index contributed by atoms with van der Waals surface area (Å²) in [5.41, 5.74) is -0.0616. The Labute approximate surface area is 165 Å². The fourth-order valence-corrected chi connectivity index (χ4v) is 3.73. The zero-order valence-corrected chi connectivity index (χ0v) is 16.7. The minimum atomic E-state index is -1.18. The number of nitrogens with zero attached hydrogens (tertiary/aromatic N) is 1. The lowest BCUT2D eigenvalue weighted by atomic mass is 9.73. The third kappa shape index (κ3) is 4.24. The molecule has 2 aromatic carbocycles. The first-order chi connectivity index (χ1) is 13.2. The minimum Gasteiger partial charge on any atom is -0.351 e. The number of nitrogens with one attached hydrogen (secondary N) is 1. The molecule has 2 amide bonds. The van der Waals surface area contributed by atoms with Crippen LogP contribution >= 0.6 is 0 Å². The number of hydrogen-bond donors (Lipinski definition) is 1. The van der Waals surface area contributed by atoms with Crippen molar-refractivity contribution >= 4 is 17.5 Å². The Bertz CT molecular complexity index is 843. The van der Waals surface area contributed by atoms with Crippen LogP contribution in [0.3, 0.4) is 0 Å². The monoisotopic (exact) mass is 382 g/mol. The Hall–Kier alpha value is -2.69. The molecule has 0 aromatic heterocycles. The van der Waals surface area contributed by atoms with Gasteiger partial charge in [-0.1, -0.05) is 30.3 Å². The third-order valence-corrected chi connectivity index (χ3v) is 5.05. The van der Waals surface area contributed by atoms with Crippen molar-refractivity contribution in [2.45, 2.75) is 45.6 Å². The lowest BCUT2D eigenvalue weighted by molar-refractivity contribution is -0.145. The third-order valence-electron chi connectivity index (χ3n) is 5.05. The quantitative estimate of drug-likeness (QED) is 0.810. The predicted molar refractivity (Wildman–Crippen MR) is 108 cm³/mol. The SMILES string of the molecule is CC(C)(C)NC(=O)[C@]1(Cc2ccccc2)CCCN(c2ccc(F)cc2)C1=O. The molecular weight excluding hydrogens is 355 g/mol. The van der Waals surface area contributed by atoms with Gasteiger partial charge in [-0.15, -0.1) is 0 Å². The average Bonchev–Trinajstić information content (AvgIpc) is 2.64. The summed E-state index contributed by atoms with van der Waals surface area (Å²) in [6.45, 7) is 6.24. The van der Waals surface area contributed by atoms with Gasteiger partial charge >= 0.3 is 0 Å². The molecule has 1 heterocycles. The summed E-state index contributed by atoms with van der Waals surface area (Å²) in [5.74, 6) is -0.828. The van der Waals surface area contributed by atoms with E-state index in [1.54, 1.807) is 17.0 Å². The van der Waals surface area contributed by atoms with Crippen LogP contribution < -0.4 is 10.2 Å². The van der Waals surface area contributed by atoms with Crippen molar-refractivity contribution in [2.75, 3.05) is 11.4 Å². The molecule has 148 valence electrons.